The molecule has 0 unspecified atom stereocenters. The van der Waals surface area contributed by atoms with Gasteiger partial charge in [-0.25, -0.2) is 0 Å². The highest BCUT2D eigenvalue weighted by Crippen LogP contribution is 2.40. The first-order valence-electron chi connectivity index (χ1n) is 8.77. The van der Waals surface area contributed by atoms with Gasteiger partial charge in [0.15, 0.2) is 11.5 Å². The van der Waals surface area contributed by atoms with Crippen LogP contribution in [0.2, 0.25) is 5.02 Å². The molecular weight excluding hydrogens is 380 g/mol. The first-order valence-corrected chi connectivity index (χ1v) is 9.15. The molecular formula is C21H21ClN2O4. The largest absolute Gasteiger partial charge is 0.505 e. The highest BCUT2D eigenvalue weighted by molar-refractivity contribution is 6.35. The number of ether oxygens (including phenoxy) is 2. The Hall–Kier alpha value is -2.99. The fourth-order valence-electron chi connectivity index (χ4n) is 3.06. The number of benzene rings is 2. The molecule has 0 saturated heterocycles. The Morgan fingerprint density at radius 3 is 2.64 bits per heavy atom. The Morgan fingerprint density at radius 2 is 1.96 bits per heavy atom. The van der Waals surface area contributed by atoms with Crippen LogP contribution in [0.3, 0.4) is 0 Å². The molecule has 0 saturated carbocycles. The van der Waals surface area contributed by atoms with E-state index in [-0.39, 0.29) is 11.7 Å². The smallest absolute Gasteiger partial charge is 0.220 e. The zero-order valence-electron chi connectivity index (χ0n) is 15.8. The molecule has 146 valence electrons. The van der Waals surface area contributed by atoms with Gasteiger partial charge in [0.25, 0.3) is 0 Å². The van der Waals surface area contributed by atoms with Crippen LogP contribution < -0.4 is 14.8 Å². The molecule has 2 aromatic carbocycles. The third-order valence-electron chi connectivity index (χ3n) is 4.52. The van der Waals surface area contributed by atoms with E-state index in [2.05, 4.69) is 10.3 Å². The van der Waals surface area contributed by atoms with Crippen molar-refractivity contribution in [3.63, 3.8) is 0 Å². The lowest BCUT2D eigenvalue weighted by molar-refractivity contribution is -0.121. The fourth-order valence-corrected chi connectivity index (χ4v) is 3.33. The molecule has 1 aromatic heterocycles. The predicted octanol–water partition coefficient (Wildman–Crippen LogP) is 4.23. The van der Waals surface area contributed by atoms with Crippen LogP contribution in [0.4, 0.5) is 0 Å². The zero-order chi connectivity index (χ0) is 20.3. The number of phenolic OH excluding ortho intramolecular Hbond substituents is 1. The lowest BCUT2D eigenvalue weighted by atomic mass is 9.95. The second-order valence-electron chi connectivity index (χ2n) is 6.16. The van der Waals surface area contributed by atoms with Crippen LogP contribution in [-0.2, 0) is 4.79 Å². The van der Waals surface area contributed by atoms with Crippen molar-refractivity contribution < 1.29 is 19.4 Å². The first-order chi connectivity index (χ1) is 13.5. The monoisotopic (exact) mass is 400 g/mol. The lowest BCUT2D eigenvalue weighted by Gasteiger charge is -2.22. The summed E-state index contributed by atoms with van der Waals surface area (Å²) in [7, 11) is 3.09. The number of amides is 1. The molecule has 7 heteroatoms. The van der Waals surface area contributed by atoms with Crippen molar-refractivity contribution in [3.8, 4) is 17.2 Å². The van der Waals surface area contributed by atoms with Gasteiger partial charge in [0.2, 0.25) is 5.91 Å². The predicted molar refractivity (Wildman–Crippen MR) is 108 cm³/mol. The number of phenols is 1. The summed E-state index contributed by atoms with van der Waals surface area (Å²) >= 11 is 6.43. The minimum absolute atomic E-state index is 0.0313. The molecule has 0 aliphatic carbocycles. The zero-order valence-corrected chi connectivity index (χ0v) is 16.6. The van der Waals surface area contributed by atoms with E-state index in [4.69, 9.17) is 21.1 Å². The van der Waals surface area contributed by atoms with Gasteiger partial charge in [-0.3, -0.25) is 9.78 Å². The van der Waals surface area contributed by atoms with Gasteiger partial charge in [-0.1, -0.05) is 24.6 Å². The average molecular weight is 401 g/mol. The number of carbonyl (C=O) groups is 1. The highest BCUT2D eigenvalue weighted by Gasteiger charge is 2.24. The number of hydrogen-bond donors (Lipinski definition) is 2. The van der Waals surface area contributed by atoms with Crippen molar-refractivity contribution in [2.75, 3.05) is 14.2 Å². The van der Waals surface area contributed by atoms with Crippen LogP contribution in [0.1, 0.15) is 30.5 Å². The number of aromatic hydroxyl groups is 1. The number of rotatable bonds is 6. The van der Waals surface area contributed by atoms with E-state index < -0.39 is 6.04 Å². The number of nitrogens with one attached hydrogen (secondary N) is 1. The van der Waals surface area contributed by atoms with Crippen LogP contribution in [0.15, 0.2) is 42.6 Å². The summed E-state index contributed by atoms with van der Waals surface area (Å²) in [6.07, 6.45) is 1.88. The number of aromatic nitrogens is 1. The Morgan fingerprint density at radius 1 is 1.21 bits per heavy atom. The van der Waals surface area contributed by atoms with E-state index in [9.17, 15) is 9.90 Å². The van der Waals surface area contributed by atoms with Gasteiger partial charge < -0.3 is 19.9 Å². The standard InChI is InChI=1S/C21H21ClN2O4/c1-4-18(25)24-19(12-7-8-16(27-2)17(10-12)28-3)14-11-15(22)13-6-5-9-23-20(13)21(14)26/h5-11,19,26H,4H2,1-3H3,(H,24,25)/t19-/m0/s1. The Labute approximate surface area is 168 Å². The number of methoxy groups -OCH3 is 2. The minimum Gasteiger partial charge on any atom is -0.505 e. The summed E-state index contributed by atoms with van der Waals surface area (Å²) in [5.41, 5.74) is 1.53. The molecule has 0 spiro atoms. The average Bonchev–Trinajstić information content (AvgIpc) is 2.74. The molecule has 0 radical (unpaired) electrons. The van der Waals surface area contributed by atoms with E-state index in [1.807, 2.05) is 0 Å². The molecule has 0 fully saturated rings. The summed E-state index contributed by atoms with van der Waals surface area (Å²) in [4.78, 5) is 16.5. The number of fused-ring (bicyclic) bond motifs is 1. The van der Waals surface area contributed by atoms with Crippen molar-refractivity contribution in [1.82, 2.24) is 10.3 Å². The van der Waals surface area contributed by atoms with Gasteiger partial charge >= 0.3 is 0 Å². The van der Waals surface area contributed by atoms with Crippen LogP contribution in [0.5, 0.6) is 17.2 Å². The van der Waals surface area contributed by atoms with Crippen molar-refractivity contribution in [3.05, 3.63) is 58.7 Å². The summed E-state index contributed by atoms with van der Waals surface area (Å²) < 4.78 is 10.7. The summed E-state index contributed by atoms with van der Waals surface area (Å²) in [5.74, 6) is 0.877. The Bertz CT molecular complexity index is 1020. The van der Waals surface area contributed by atoms with E-state index in [1.54, 1.807) is 56.6 Å². The quantitative estimate of drug-likeness (QED) is 0.647. The third kappa shape index (κ3) is 3.68. The van der Waals surface area contributed by atoms with Crippen LogP contribution >= 0.6 is 11.6 Å². The van der Waals surface area contributed by atoms with Gasteiger partial charge in [-0.2, -0.15) is 0 Å². The van der Waals surface area contributed by atoms with Crippen LogP contribution in [0, 0.1) is 0 Å². The van der Waals surface area contributed by atoms with Gasteiger partial charge in [0, 0.05) is 23.6 Å². The van der Waals surface area contributed by atoms with E-state index in [0.717, 1.165) is 0 Å². The molecule has 1 amide bonds. The summed E-state index contributed by atoms with van der Waals surface area (Å²) in [5, 5.41) is 14.9. The second-order valence-corrected chi connectivity index (χ2v) is 6.57. The molecule has 0 bridgehead atoms. The molecule has 3 aromatic rings. The molecule has 3 rings (SSSR count). The first kappa shape index (κ1) is 19.8. The number of pyridine rings is 1. The number of hydrogen-bond acceptors (Lipinski definition) is 5. The third-order valence-corrected chi connectivity index (χ3v) is 4.84. The van der Waals surface area contributed by atoms with E-state index in [0.29, 0.717) is 45.0 Å². The lowest BCUT2D eigenvalue weighted by Crippen LogP contribution is -2.28. The van der Waals surface area contributed by atoms with E-state index >= 15 is 0 Å². The van der Waals surface area contributed by atoms with E-state index in [1.165, 1.54) is 7.11 Å². The van der Waals surface area contributed by atoms with Gasteiger partial charge in [0.05, 0.1) is 25.3 Å². The minimum atomic E-state index is -0.642. The summed E-state index contributed by atoms with van der Waals surface area (Å²) in [6.45, 7) is 1.76. The molecule has 2 N–H and O–H groups in total. The topological polar surface area (TPSA) is 80.7 Å². The second kappa shape index (κ2) is 8.35. The number of halogens is 1. The van der Waals surface area contributed by atoms with Crippen LogP contribution in [-0.4, -0.2) is 30.2 Å². The fraction of sp³-hybridized carbons (Fsp3) is 0.238. The molecule has 0 aliphatic heterocycles. The number of nitrogens with zero attached hydrogens (tertiary/aromatic N) is 1. The van der Waals surface area contributed by atoms with Crippen molar-refractivity contribution in [2.24, 2.45) is 0 Å². The summed E-state index contributed by atoms with van der Waals surface area (Å²) in [6, 6.07) is 9.85. The molecule has 1 heterocycles. The maximum Gasteiger partial charge on any atom is 0.220 e. The molecule has 28 heavy (non-hydrogen) atoms. The maximum atomic E-state index is 12.2. The molecule has 0 aliphatic rings. The van der Waals surface area contributed by atoms with Crippen molar-refractivity contribution >= 4 is 28.4 Å². The number of carbonyl (C=O) groups excluding carboxylic acids is 1. The normalized spacial score (nSPS) is 11.9. The van der Waals surface area contributed by atoms with Crippen LogP contribution in [0.25, 0.3) is 10.9 Å². The van der Waals surface area contributed by atoms with Gasteiger partial charge in [-0.05, 0) is 35.9 Å². The SMILES string of the molecule is CCC(=O)N[C@@H](c1ccc(OC)c(OC)c1)c1cc(Cl)c2cccnc2c1O. The molecule has 6 nitrogen and oxygen atoms in total. The molecule has 1 atom stereocenters. The maximum absolute atomic E-state index is 12.2. The van der Waals surface area contributed by atoms with Crippen molar-refractivity contribution in [2.45, 2.75) is 19.4 Å². The van der Waals surface area contributed by atoms with Gasteiger partial charge in [0.1, 0.15) is 11.3 Å². The van der Waals surface area contributed by atoms with Crippen molar-refractivity contribution in [1.29, 1.82) is 0 Å². The van der Waals surface area contributed by atoms with Gasteiger partial charge in [-0.15, -0.1) is 0 Å². The Balaban J connectivity index is 2.20. The Kier molecular flexibility index (Phi) is 5.90. The highest BCUT2D eigenvalue weighted by atomic mass is 35.5.